The van der Waals surface area contributed by atoms with Gasteiger partial charge in [-0.3, -0.25) is 9.59 Å². The molecule has 1 aliphatic heterocycles. The molecule has 0 fully saturated rings. The molecule has 1 aliphatic rings. The Morgan fingerprint density at radius 1 is 0.955 bits per heavy atom. The first-order chi connectivity index (χ1) is 10.6. The van der Waals surface area contributed by atoms with Crippen LogP contribution >= 0.6 is 0 Å². The van der Waals surface area contributed by atoms with Crippen LogP contribution in [0.5, 0.6) is 0 Å². The number of hydrogen-bond acceptors (Lipinski definition) is 3. The molecule has 0 aromatic heterocycles. The fraction of sp³-hybridized carbons (Fsp3) is 0.176. The molecule has 0 spiro atoms. The van der Waals surface area contributed by atoms with E-state index in [-0.39, 0.29) is 24.3 Å². The molecule has 4 N–H and O–H groups in total. The number of rotatable bonds is 3. The number of anilines is 2. The summed E-state index contributed by atoms with van der Waals surface area (Å²) in [6, 6.07) is 15.3. The van der Waals surface area contributed by atoms with Gasteiger partial charge in [-0.25, -0.2) is 0 Å². The van der Waals surface area contributed by atoms with E-state index in [0.29, 0.717) is 17.8 Å². The van der Waals surface area contributed by atoms with Crippen LogP contribution in [0, 0.1) is 0 Å². The van der Waals surface area contributed by atoms with Gasteiger partial charge in [0, 0.05) is 6.04 Å². The topological polar surface area (TPSA) is 84.2 Å². The number of benzene rings is 2. The monoisotopic (exact) mass is 295 g/mol. The summed E-state index contributed by atoms with van der Waals surface area (Å²) in [4.78, 5) is 23.1. The number of carbonyl (C=O) groups is 2. The number of carbonyl (C=O) groups excluding carboxylic acids is 2. The molecule has 0 aliphatic carbocycles. The van der Waals surface area contributed by atoms with E-state index in [1.54, 1.807) is 6.07 Å². The molecule has 1 atom stereocenters. The van der Waals surface area contributed by atoms with E-state index in [9.17, 15) is 9.59 Å². The van der Waals surface area contributed by atoms with Crippen molar-refractivity contribution in [3.63, 3.8) is 0 Å². The van der Waals surface area contributed by atoms with Crippen molar-refractivity contribution in [1.29, 1.82) is 0 Å². The first-order valence-corrected chi connectivity index (χ1v) is 7.15. The lowest BCUT2D eigenvalue weighted by Gasteiger charge is -2.15. The van der Waals surface area contributed by atoms with Gasteiger partial charge in [-0.2, -0.15) is 0 Å². The van der Waals surface area contributed by atoms with Crippen LogP contribution in [0.4, 0.5) is 11.4 Å². The van der Waals surface area contributed by atoms with E-state index in [2.05, 4.69) is 10.6 Å². The molecule has 2 aromatic rings. The molecule has 22 heavy (non-hydrogen) atoms. The van der Waals surface area contributed by atoms with Gasteiger partial charge in [0.25, 0.3) is 0 Å². The Labute approximate surface area is 128 Å². The molecule has 1 unspecified atom stereocenters. The minimum atomic E-state index is -0.315. The van der Waals surface area contributed by atoms with E-state index >= 15 is 0 Å². The lowest BCUT2D eigenvalue weighted by molar-refractivity contribution is -0.123. The minimum Gasteiger partial charge on any atom is -0.324 e. The fourth-order valence-corrected chi connectivity index (χ4v) is 2.53. The van der Waals surface area contributed by atoms with Gasteiger partial charge in [-0.15, -0.1) is 0 Å². The minimum absolute atomic E-state index is 0.167. The van der Waals surface area contributed by atoms with Gasteiger partial charge in [-0.1, -0.05) is 36.4 Å². The summed E-state index contributed by atoms with van der Waals surface area (Å²) in [5, 5.41) is 5.44. The predicted molar refractivity (Wildman–Crippen MR) is 85.4 cm³/mol. The number of nitrogens with two attached hydrogens (primary N) is 1. The number of amides is 2. The molecular weight excluding hydrogens is 278 g/mol. The number of fused-ring (bicyclic) bond motifs is 1. The Morgan fingerprint density at radius 3 is 2.36 bits per heavy atom. The highest BCUT2D eigenvalue weighted by molar-refractivity contribution is 6.13. The van der Waals surface area contributed by atoms with Crippen LogP contribution in [0.1, 0.15) is 23.6 Å². The van der Waals surface area contributed by atoms with E-state index in [4.69, 9.17) is 5.73 Å². The summed E-state index contributed by atoms with van der Waals surface area (Å²) in [5.74, 6) is -0.623. The lowest BCUT2D eigenvalue weighted by Crippen LogP contribution is -2.16. The quantitative estimate of drug-likeness (QED) is 0.759. The fourth-order valence-electron chi connectivity index (χ4n) is 2.53. The highest BCUT2D eigenvalue weighted by Gasteiger charge is 2.19. The maximum absolute atomic E-state index is 11.6. The third-order valence-electron chi connectivity index (χ3n) is 3.64. The second-order valence-electron chi connectivity index (χ2n) is 5.37. The van der Waals surface area contributed by atoms with Crippen molar-refractivity contribution in [3.8, 4) is 0 Å². The van der Waals surface area contributed by atoms with Crippen molar-refractivity contribution < 1.29 is 9.59 Å². The van der Waals surface area contributed by atoms with Crippen LogP contribution in [0.3, 0.4) is 0 Å². The van der Waals surface area contributed by atoms with Gasteiger partial charge >= 0.3 is 0 Å². The zero-order valence-corrected chi connectivity index (χ0v) is 12.0. The lowest BCUT2D eigenvalue weighted by atomic mass is 9.99. The van der Waals surface area contributed by atoms with E-state index in [1.165, 1.54) is 0 Å². The summed E-state index contributed by atoms with van der Waals surface area (Å²) in [5.41, 5.74) is 9.53. The zero-order chi connectivity index (χ0) is 15.5. The Kier molecular flexibility index (Phi) is 3.89. The van der Waals surface area contributed by atoms with Crippen molar-refractivity contribution in [2.45, 2.75) is 18.9 Å². The van der Waals surface area contributed by atoms with Gasteiger partial charge in [0.1, 0.15) is 6.42 Å². The average molecular weight is 295 g/mol. The Morgan fingerprint density at radius 2 is 1.64 bits per heavy atom. The SMILES string of the molecule is NC(Cc1ccccc1)c1ccc2c(c1)NC(=O)CC(=O)N2. The molecular formula is C17H17N3O2. The van der Waals surface area contributed by atoms with Crippen LogP contribution < -0.4 is 16.4 Å². The van der Waals surface area contributed by atoms with Crippen molar-refractivity contribution in [2.24, 2.45) is 5.73 Å². The van der Waals surface area contributed by atoms with Crippen molar-refractivity contribution >= 4 is 23.2 Å². The molecule has 0 saturated heterocycles. The standard InChI is InChI=1S/C17H17N3O2/c18-13(8-11-4-2-1-3-5-11)12-6-7-14-15(9-12)20-17(22)10-16(21)19-14/h1-7,9,13H,8,10,18H2,(H,19,21)(H,20,22). The number of nitrogens with one attached hydrogen (secondary N) is 2. The molecule has 3 rings (SSSR count). The Hall–Kier alpha value is -2.66. The second kappa shape index (κ2) is 5.99. The molecule has 0 saturated carbocycles. The highest BCUT2D eigenvalue weighted by atomic mass is 16.2. The molecule has 2 aromatic carbocycles. The molecule has 5 nitrogen and oxygen atoms in total. The summed E-state index contributed by atoms with van der Waals surface area (Å²) in [7, 11) is 0. The zero-order valence-electron chi connectivity index (χ0n) is 12.0. The molecule has 2 amide bonds. The molecule has 5 heteroatoms. The van der Waals surface area contributed by atoms with Crippen LogP contribution in [0.25, 0.3) is 0 Å². The van der Waals surface area contributed by atoms with Crippen molar-refractivity contribution in [1.82, 2.24) is 0 Å². The molecule has 1 heterocycles. The summed E-state index contributed by atoms with van der Waals surface area (Å²) in [6.07, 6.45) is 0.542. The maximum atomic E-state index is 11.6. The van der Waals surface area contributed by atoms with Crippen LogP contribution in [-0.2, 0) is 16.0 Å². The summed E-state index contributed by atoms with van der Waals surface area (Å²) >= 11 is 0. The van der Waals surface area contributed by atoms with Crippen molar-refractivity contribution in [3.05, 3.63) is 59.7 Å². The third kappa shape index (κ3) is 3.15. The Balaban J connectivity index is 1.83. The highest BCUT2D eigenvalue weighted by Crippen LogP contribution is 2.28. The predicted octanol–water partition coefficient (Wildman–Crippen LogP) is 2.21. The van der Waals surface area contributed by atoms with Gasteiger partial charge in [-0.05, 0) is 29.7 Å². The normalized spacial score (nSPS) is 15.3. The Bertz CT molecular complexity index is 713. The smallest absolute Gasteiger partial charge is 0.233 e. The van der Waals surface area contributed by atoms with Crippen LogP contribution in [0.2, 0.25) is 0 Å². The molecule has 0 bridgehead atoms. The second-order valence-corrected chi connectivity index (χ2v) is 5.37. The maximum Gasteiger partial charge on any atom is 0.233 e. The molecule has 112 valence electrons. The summed E-state index contributed by atoms with van der Waals surface area (Å²) in [6.45, 7) is 0. The van der Waals surface area contributed by atoms with Gasteiger partial charge < -0.3 is 16.4 Å². The largest absolute Gasteiger partial charge is 0.324 e. The van der Waals surface area contributed by atoms with Crippen LogP contribution in [0.15, 0.2) is 48.5 Å². The van der Waals surface area contributed by atoms with Crippen LogP contribution in [-0.4, -0.2) is 11.8 Å². The van der Waals surface area contributed by atoms with Gasteiger partial charge in [0.2, 0.25) is 11.8 Å². The van der Waals surface area contributed by atoms with E-state index < -0.39 is 0 Å². The van der Waals surface area contributed by atoms with Crippen molar-refractivity contribution in [2.75, 3.05) is 10.6 Å². The number of hydrogen-bond donors (Lipinski definition) is 3. The summed E-state index contributed by atoms with van der Waals surface area (Å²) < 4.78 is 0. The first-order valence-electron chi connectivity index (χ1n) is 7.15. The van der Waals surface area contributed by atoms with E-state index in [0.717, 1.165) is 11.1 Å². The average Bonchev–Trinajstić information content (AvgIpc) is 2.63. The first kappa shape index (κ1) is 14.3. The van der Waals surface area contributed by atoms with Gasteiger partial charge in [0.05, 0.1) is 11.4 Å². The molecule has 0 radical (unpaired) electrons. The van der Waals surface area contributed by atoms with Gasteiger partial charge in [0.15, 0.2) is 0 Å². The third-order valence-corrected chi connectivity index (χ3v) is 3.64. The van der Waals surface area contributed by atoms with E-state index in [1.807, 2.05) is 42.5 Å².